The summed E-state index contributed by atoms with van der Waals surface area (Å²) in [7, 11) is 1.62. The Hall–Kier alpha value is -3.12. The average Bonchev–Trinajstić information content (AvgIpc) is 3.20. The Labute approximate surface area is 203 Å². The minimum atomic E-state index is -0.00578. The van der Waals surface area contributed by atoms with Gasteiger partial charge in [-0.05, 0) is 64.1 Å². The van der Waals surface area contributed by atoms with Gasteiger partial charge < -0.3 is 9.64 Å². The van der Waals surface area contributed by atoms with Gasteiger partial charge in [0, 0.05) is 36.7 Å². The van der Waals surface area contributed by atoms with Crippen molar-refractivity contribution in [3.05, 3.63) is 76.6 Å². The van der Waals surface area contributed by atoms with Crippen molar-refractivity contribution in [2.45, 2.75) is 59.7 Å². The molecule has 1 aromatic heterocycles. The standard InChI is InChI=1S/C28H36N4O2/c1-6-15-30-16-14-27-25(18-30)26(29-32(27)23-12-10-21(4)11-13-23)19-31(20(2)3)28(33)22-8-7-9-24(17-22)34-5/h7-13,17,20H,6,14-16,18-19H2,1-5H3. The molecule has 0 bridgehead atoms. The van der Waals surface area contributed by atoms with Gasteiger partial charge in [-0.1, -0.05) is 30.7 Å². The van der Waals surface area contributed by atoms with Crippen LogP contribution in [0.3, 0.4) is 0 Å². The highest BCUT2D eigenvalue weighted by Crippen LogP contribution is 2.28. The van der Waals surface area contributed by atoms with Gasteiger partial charge in [0.2, 0.25) is 0 Å². The smallest absolute Gasteiger partial charge is 0.254 e. The summed E-state index contributed by atoms with van der Waals surface area (Å²) in [4.78, 5) is 17.9. The van der Waals surface area contributed by atoms with E-state index < -0.39 is 0 Å². The number of fused-ring (bicyclic) bond motifs is 1. The van der Waals surface area contributed by atoms with E-state index in [0.717, 1.165) is 43.9 Å². The number of aryl methyl sites for hydroxylation is 1. The van der Waals surface area contributed by atoms with Crippen molar-refractivity contribution in [3.8, 4) is 11.4 Å². The van der Waals surface area contributed by atoms with E-state index in [1.165, 1.54) is 16.8 Å². The SMILES string of the molecule is CCCN1CCc2c(c(CN(C(=O)c3cccc(OC)c3)C(C)C)nn2-c2ccc(C)cc2)C1. The fourth-order valence-electron chi connectivity index (χ4n) is 4.65. The minimum Gasteiger partial charge on any atom is -0.497 e. The normalized spacial score (nSPS) is 13.7. The van der Waals surface area contributed by atoms with Crippen molar-refractivity contribution in [2.24, 2.45) is 0 Å². The van der Waals surface area contributed by atoms with Crippen LogP contribution in [0, 0.1) is 6.92 Å². The van der Waals surface area contributed by atoms with E-state index >= 15 is 0 Å². The van der Waals surface area contributed by atoms with Crippen LogP contribution in [0.1, 0.15) is 60.1 Å². The molecular weight excluding hydrogens is 424 g/mol. The molecule has 1 aliphatic rings. The Morgan fingerprint density at radius 1 is 1.18 bits per heavy atom. The van der Waals surface area contributed by atoms with Gasteiger partial charge in [-0.3, -0.25) is 9.69 Å². The lowest BCUT2D eigenvalue weighted by atomic mass is 10.0. The van der Waals surface area contributed by atoms with Crippen LogP contribution in [-0.4, -0.2) is 51.7 Å². The molecule has 34 heavy (non-hydrogen) atoms. The summed E-state index contributed by atoms with van der Waals surface area (Å²) in [6, 6.07) is 15.9. The maximum Gasteiger partial charge on any atom is 0.254 e. The summed E-state index contributed by atoms with van der Waals surface area (Å²) in [5.74, 6) is 0.680. The van der Waals surface area contributed by atoms with Crippen molar-refractivity contribution in [2.75, 3.05) is 20.2 Å². The number of ether oxygens (including phenoxy) is 1. The predicted molar refractivity (Wildman–Crippen MR) is 136 cm³/mol. The number of amides is 1. The van der Waals surface area contributed by atoms with E-state index in [-0.39, 0.29) is 11.9 Å². The maximum atomic E-state index is 13.5. The highest BCUT2D eigenvalue weighted by molar-refractivity contribution is 5.94. The third-order valence-corrected chi connectivity index (χ3v) is 6.56. The third-order valence-electron chi connectivity index (χ3n) is 6.56. The lowest BCUT2D eigenvalue weighted by molar-refractivity contribution is 0.0686. The van der Waals surface area contributed by atoms with Crippen LogP contribution in [-0.2, 0) is 19.5 Å². The zero-order chi connectivity index (χ0) is 24.2. The molecule has 1 amide bonds. The maximum absolute atomic E-state index is 13.5. The van der Waals surface area contributed by atoms with E-state index in [0.29, 0.717) is 17.9 Å². The van der Waals surface area contributed by atoms with Gasteiger partial charge in [0.15, 0.2) is 0 Å². The number of carbonyl (C=O) groups is 1. The van der Waals surface area contributed by atoms with Crippen molar-refractivity contribution in [3.63, 3.8) is 0 Å². The Kier molecular flexibility index (Phi) is 7.37. The van der Waals surface area contributed by atoms with Crippen LogP contribution in [0.5, 0.6) is 5.75 Å². The van der Waals surface area contributed by atoms with E-state index in [9.17, 15) is 4.79 Å². The summed E-state index contributed by atoms with van der Waals surface area (Å²) in [6.07, 6.45) is 2.09. The van der Waals surface area contributed by atoms with Gasteiger partial charge in [0.25, 0.3) is 5.91 Å². The molecule has 2 aromatic carbocycles. The summed E-state index contributed by atoms with van der Waals surface area (Å²) in [6.45, 7) is 11.9. The molecule has 180 valence electrons. The van der Waals surface area contributed by atoms with Crippen molar-refractivity contribution in [1.82, 2.24) is 19.6 Å². The molecule has 4 rings (SSSR count). The second-order valence-electron chi connectivity index (χ2n) is 9.40. The number of hydrogen-bond acceptors (Lipinski definition) is 4. The molecule has 2 heterocycles. The van der Waals surface area contributed by atoms with Gasteiger partial charge in [-0.25, -0.2) is 4.68 Å². The van der Waals surface area contributed by atoms with E-state index in [2.05, 4.69) is 61.5 Å². The number of benzene rings is 2. The number of rotatable bonds is 8. The highest BCUT2D eigenvalue weighted by atomic mass is 16.5. The molecule has 0 N–H and O–H groups in total. The number of methoxy groups -OCH3 is 1. The fourth-order valence-corrected chi connectivity index (χ4v) is 4.65. The Morgan fingerprint density at radius 2 is 1.94 bits per heavy atom. The molecule has 6 heteroatoms. The summed E-state index contributed by atoms with van der Waals surface area (Å²) in [5, 5.41) is 5.09. The number of aromatic nitrogens is 2. The predicted octanol–water partition coefficient (Wildman–Crippen LogP) is 5.01. The van der Waals surface area contributed by atoms with Crippen molar-refractivity contribution in [1.29, 1.82) is 0 Å². The fraction of sp³-hybridized carbons (Fsp3) is 0.429. The van der Waals surface area contributed by atoms with Gasteiger partial charge in [-0.2, -0.15) is 5.10 Å². The molecule has 0 saturated carbocycles. The molecule has 0 saturated heterocycles. The Balaban J connectivity index is 1.71. The van der Waals surface area contributed by atoms with Crippen LogP contribution >= 0.6 is 0 Å². The quantitative estimate of drug-likeness (QED) is 0.474. The summed E-state index contributed by atoms with van der Waals surface area (Å²) >= 11 is 0. The number of nitrogens with zero attached hydrogens (tertiary/aromatic N) is 4. The first kappa shape index (κ1) is 24.0. The molecule has 3 aromatic rings. The molecule has 0 fully saturated rings. The first-order valence-electron chi connectivity index (χ1n) is 12.2. The minimum absolute atomic E-state index is 0.00578. The summed E-state index contributed by atoms with van der Waals surface area (Å²) in [5.41, 5.74) is 6.46. The van der Waals surface area contributed by atoms with Crippen molar-refractivity contribution >= 4 is 5.91 Å². The topological polar surface area (TPSA) is 50.6 Å². The van der Waals surface area contributed by atoms with Gasteiger partial charge in [0.05, 0.1) is 30.7 Å². The molecule has 0 radical (unpaired) electrons. The summed E-state index contributed by atoms with van der Waals surface area (Å²) < 4.78 is 7.44. The number of carbonyl (C=O) groups excluding carboxylic acids is 1. The van der Waals surface area contributed by atoms with E-state index in [1.807, 2.05) is 23.1 Å². The second kappa shape index (κ2) is 10.4. The van der Waals surface area contributed by atoms with Crippen LogP contribution in [0.2, 0.25) is 0 Å². The molecule has 0 aliphatic carbocycles. The van der Waals surface area contributed by atoms with Gasteiger partial charge in [-0.15, -0.1) is 0 Å². The molecule has 6 nitrogen and oxygen atoms in total. The molecular formula is C28H36N4O2. The Morgan fingerprint density at radius 3 is 2.62 bits per heavy atom. The van der Waals surface area contributed by atoms with Gasteiger partial charge >= 0.3 is 0 Å². The lowest BCUT2D eigenvalue weighted by Crippen LogP contribution is -2.37. The molecule has 1 aliphatic heterocycles. The largest absolute Gasteiger partial charge is 0.497 e. The molecule has 0 spiro atoms. The van der Waals surface area contributed by atoms with Gasteiger partial charge in [0.1, 0.15) is 5.75 Å². The molecule has 0 atom stereocenters. The monoisotopic (exact) mass is 460 g/mol. The third kappa shape index (κ3) is 5.02. The first-order valence-corrected chi connectivity index (χ1v) is 12.2. The van der Waals surface area contributed by atoms with E-state index in [1.54, 1.807) is 13.2 Å². The van der Waals surface area contributed by atoms with Crippen molar-refractivity contribution < 1.29 is 9.53 Å². The first-order chi connectivity index (χ1) is 16.4. The average molecular weight is 461 g/mol. The Bertz CT molecular complexity index is 1130. The lowest BCUT2D eigenvalue weighted by Gasteiger charge is -2.29. The van der Waals surface area contributed by atoms with Crippen LogP contribution in [0.15, 0.2) is 48.5 Å². The van der Waals surface area contributed by atoms with Crippen LogP contribution in [0.4, 0.5) is 0 Å². The van der Waals surface area contributed by atoms with E-state index in [4.69, 9.17) is 9.84 Å². The highest BCUT2D eigenvalue weighted by Gasteiger charge is 2.28. The zero-order valence-electron chi connectivity index (χ0n) is 21.0. The molecule has 0 unspecified atom stereocenters. The van der Waals surface area contributed by atoms with Crippen LogP contribution in [0.25, 0.3) is 5.69 Å². The van der Waals surface area contributed by atoms with Crippen LogP contribution < -0.4 is 4.74 Å². The zero-order valence-corrected chi connectivity index (χ0v) is 21.0. The second-order valence-corrected chi connectivity index (χ2v) is 9.40. The number of hydrogen-bond donors (Lipinski definition) is 0.